The highest BCUT2D eigenvalue weighted by Crippen LogP contribution is 2.18. The lowest BCUT2D eigenvalue weighted by Crippen LogP contribution is -2.11. The summed E-state index contributed by atoms with van der Waals surface area (Å²) in [6, 6.07) is 4.11. The Morgan fingerprint density at radius 1 is 1.62 bits per heavy atom. The van der Waals surface area contributed by atoms with E-state index in [2.05, 4.69) is 0 Å². The first-order valence-corrected chi connectivity index (χ1v) is 4.13. The SMILES string of the molecule is CC(CN)c1cc(F)ccc1C=O. The molecule has 0 heterocycles. The number of hydrogen-bond acceptors (Lipinski definition) is 2. The number of hydrogen-bond donors (Lipinski definition) is 1. The molecule has 0 bridgehead atoms. The number of nitrogens with two attached hydrogens (primary N) is 1. The predicted octanol–water partition coefficient (Wildman–Crippen LogP) is 1.70. The van der Waals surface area contributed by atoms with Gasteiger partial charge in [-0.15, -0.1) is 0 Å². The molecule has 2 N–H and O–H groups in total. The Morgan fingerprint density at radius 2 is 2.31 bits per heavy atom. The second-order valence-electron chi connectivity index (χ2n) is 3.03. The highest BCUT2D eigenvalue weighted by molar-refractivity contribution is 5.77. The summed E-state index contributed by atoms with van der Waals surface area (Å²) >= 11 is 0. The van der Waals surface area contributed by atoms with Gasteiger partial charge in [-0.3, -0.25) is 4.79 Å². The Balaban J connectivity index is 3.15. The first kappa shape index (κ1) is 9.86. The standard InChI is InChI=1S/C10H12FNO/c1-7(5-12)10-4-9(11)3-2-8(10)6-13/h2-4,6-7H,5,12H2,1H3. The van der Waals surface area contributed by atoms with Crippen LogP contribution in [0.1, 0.15) is 28.8 Å². The molecule has 0 saturated heterocycles. The third kappa shape index (κ3) is 2.12. The molecule has 1 aromatic rings. The van der Waals surface area contributed by atoms with E-state index in [1.807, 2.05) is 6.92 Å². The van der Waals surface area contributed by atoms with Gasteiger partial charge in [0.2, 0.25) is 0 Å². The number of carbonyl (C=O) groups is 1. The van der Waals surface area contributed by atoms with Gasteiger partial charge in [0, 0.05) is 5.56 Å². The van der Waals surface area contributed by atoms with E-state index in [1.165, 1.54) is 18.2 Å². The van der Waals surface area contributed by atoms with Crippen molar-refractivity contribution in [1.82, 2.24) is 0 Å². The molecule has 1 rings (SSSR count). The van der Waals surface area contributed by atoms with Gasteiger partial charge in [-0.05, 0) is 36.2 Å². The van der Waals surface area contributed by atoms with E-state index < -0.39 is 0 Å². The monoisotopic (exact) mass is 181 g/mol. The van der Waals surface area contributed by atoms with E-state index in [0.29, 0.717) is 17.7 Å². The van der Waals surface area contributed by atoms with Crippen LogP contribution >= 0.6 is 0 Å². The first-order chi connectivity index (χ1) is 6.19. The summed E-state index contributed by atoms with van der Waals surface area (Å²) < 4.78 is 12.8. The van der Waals surface area contributed by atoms with Gasteiger partial charge in [-0.2, -0.15) is 0 Å². The molecule has 0 fully saturated rings. The van der Waals surface area contributed by atoms with Gasteiger partial charge in [0.1, 0.15) is 12.1 Å². The molecular weight excluding hydrogens is 169 g/mol. The van der Waals surface area contributed by atoms with Crippen LogP contribution in [0.5, 0.6) is 0 Å². The van der Waals surface area contributed by atoms with E-state index in [4.69, 9.17) is 5.73 Å². The largest absolute Gasteiger partial charge is 0.330 e. The molecule has 3 heteroatoms. The van der Waals surface area contributed by atoms with Crippen LogP contribution in [0.4, 0.5) is 4.39 Å². The number of carbonyl (C=O) groups excluding carboxylic acids is 1. The van der Waals surface area contributed by atoms with Gasteiger partial charge in [-0.1, -0.05) is 6.92 Å². The molecule has 1 aromatic carbocycles. The van der Waals surface area contributed by atoms with E-state index in [0.717, 1.165) is 6.29 Å². The zero-order valence-corrected chi connectivity index (χ0v) is 7.46. The molecule has 0 saturated carbocycles. The van der Waals surface area contributed by atoms with Crippen LogP contribution in [0, 0.1) is 5.82 Å². The molecule has 0 aliphatic heterocycles. The van der Waals surface area contributed by atoms with Crippen molar-refractivity contribution in [3.8, 4) is 0 Å². The minimum atomic E-state index is -0.332. The summed E-state index contributed by atoms with van der Waals surface area (Å²) in [6.07, 6.45) is 0.723. The highest BCUT2D eigenvalue weighted by Gasteiger charge is 2.09. The number of halogens is 1. The van der Waals surface area contributed by atoms with E-state index in [9.17, 15) is 9.18 Å². The van der Waals surface area contributed by atoms with Crippen LogP contribution in [0.2, 0.25) is 0 Å². The Morgan fingerprint density at radius 3 is 2.85 bits per heavy atom. The Labute approximate surface area is 76.6 Å². The molecule has 13 heavy (non-hydrogen) atoms. The zero-order valence-electron chi connectivity index (χ0n) is 7.46. The van der Waals surface area contributed by atoms with Gasteiger partial charge in [0.15, 0.2) is 0 Å². The lowest BCUT2D eigenvalue weighted by Gasteiger charge is -2.10. The predicted molar refractivity (Wildman–Crippen MR) is 49.3 cm³/mol. The van der Waals surface area contributed by atoms with Crippen LogP contribution in [0.15, 0.2) is 18.2 Å². The quantitative estimate of drug-likeness (QED) is 0.721. The Bertz CT molecular complexity index is 312. The average molecular weight is 181 g/mol. The summed E-state index contributed by atoms with van der Waals surface area (Å²) in [5, 5.41) is 0. The molecular formula is C10H12FNO. The molecule has 0 aliphatic rings. The lowest BCUT2D eigenvalue weighted by atomic mass is 9.96. The van der Waals surface area contributed by atoms with Crippen molar-refractivity contribution in [2.24, 2.45) is 5.73 Å². The fraction of sp³-hybridized carbons (Fsp3) is 0.300. The normalized spacial score (nSPS) is 12.5. The lowest BCUT2D eigenvalue weighted by molar-refractivity contribution is 0.112. The van der Waals surface area contributed by atoms with E-state index in [-0.39, 0.29) is 11.7 Å². The third-order valence-electron chi connectivity index (χ3n) is 2.06. The van der Waals surface area contributed by atoms with Crippen molar-refractivity contribution in [2.45, 2.75) is 12.8 Å². The second-order valence-corrected chi connectivity index (χ2v) is 3.03. The van der Waals surface area contributed by atoms with Gasteiger partial charge >= 0.3 is 0 Å². The van der Waals surface area contributed by atoms with Crippen molar-refractivity contribution in [2.75, 3.05) is 6.54 Å². The van der Waals surface area contributed by atoms with Crippen molar-refractivity contribution < 1.29 is 9.18 Å². The summed E-state index contributed by atoms with van der Waals surface area (Å²) in [4.78, 5) is 10.6. The zero-order chi connectivity index (χ0) is 9.84. The smallest absolute Gasteiger partial charge is 0.150 e. The molecule has 0 amide bonds. The number of rotatable bonds is 3. The molecule has 1 unspecified atom stereocenters. The van der Waals surface area contributed by atoms with Crippen LogP contribution in [-0.2, 0) is 0 Å². The minimum Gasteiger partial charge on any atom is -0.330 e. The Hall–Kier alpha value is -1.22. The van der Waals surface area contributed by atoms with Gasteiger partial charge in [0.25, 0.3) is 0 Å². The van der Waals surface area contributed by atoms with Crippen molar-refractivity contribution in [3.05, 3.63) is 35.1 Å². The first-order valence-electron chi connectivity index (χ1n) is 4.13. The maximum Gasteiger partial charge on any atom is 0.150 e. The average Bonchev–Trinajstić information content (AvgIpc) is 2.16. The van der Waals surface area contributed by atoms with Crippen LogP contribution in [0.3, 0.4) is 0 Å². The van der Waals surface area contributed by atoms with Crippen LogP contribution in [0.25, 0.3) is 0 Å². The van der Waals surface area contributed by atoms with Crippen LogP contribution in [-0.4, -0.2) is 12.8 Å². The van der Waals surface area contributed by atoms with E-state index in [1.54, 1.807) is 0 Å². The molecule has 0 aromatic heterocycles. The molecule has 0 spiro atoms. The fourth-order valence-corrected chi connectivity index (χ4v) is 1.21. The Kier molecular flexibility index (Phi) is 3.14. The van der Waals surface area contributed by atoms with Crippen molar-refractivity contribution >= 4 is 6.29 Å². The number of aldehydes is 1. The molecule has 1 atom stereocenters. The maximum atomic E-state index is 12.8. The summed E-state index contributed by atoms with van der Waals surface area (Å²) in [7, 11) is 0. The highest BCUT2D eigenvalue weighted by atomic mass is 19.1. The van der Waals surface area contributed by atoms with Crippen molar-refractivity contribution in [1.29, 1.82) is 0 Å². The van der Waals surface area contributed by atoms with Gasteiger partial charge in [-0.25, -0.2) is 4.39 Å². The van der Waals surface area contributed by atoms with E-state index >= 15 is 0 Å². The minimum absolute atomic E-state index is 0.0101. The van der Waals surface area contributed by atoms with Gasteiger partial charge in [0.05, 0.1) is 0 Å². The topological polar surface area (TPSA) is 43.1 Å². The molecule has 70 valence electrons. The van der Waals surface area contributed by atoms with Crippen molar-refractivity contribution in [3.63, 3.8) is 0 Å². The maximum absolute atomic E-state index is 12.8. The molecule has 2 nitrogen and oxygen atoms in total. The summed E-state index contributed by atoms with van der Waals surface area (Å²) in [5.74, 6) is -0.322. The molecule has 0 aliphatic carbocycles. The van der Waals surface area contributed by atoms with Crippen LogP contribution < -0.4 is 5.73 Å². The summed E-state index contributed by atoms with van der Waals surface area (Å²) in [6.45, 7) is 2.27. The molecule has 0 radical (unpaired) electrons. The summed E-state index contributed by atoms with van der Waals surface area (Å²) in [5.41, 5.74) is 6.63. The van der Waals surface area contributed by atoms with Gasteiger partial charge < -0.3 is 5.73 Å². The third-order valence-corrected chi connectivity index (χ3v) is 2.06. The number of benzene rings is 1. The second kappa shape index (κ2) is 4.14. The fourth-order valence-electron chi connectivity index (χ4n) is 1.21.